The molecule has 1 saturated carbocycles. The molecular weight excluding hydrogens is 226 g/mol. The second-order valence-corrected chi connectivity index (χ2v) is 5.09. The molecule has 1 aliphatic rings. The van der Waals surface area contributed by atoms with Crippen LogP contribution >= 0.6 is 0 Å². The Kier molecular flexibility index (Phi) is 2.91. The lowest BCUT2D eigenvalue weighted by atomic mass is 10.3. The van der Waals surface area contributed by atoms with E-state index in [9.17, 15) is 0 Å². The van der Waals surface area contributed by atoms with E-state index in [4.69, 9.17) is 0 Å². The van der Waals surface area contributed by atoms with Gasteiger partial charge in [-0.2, -0.15) is 5.10 Å². The highest BCUT2D eigenvalue weighted by atomic mass is 15.3. The number of imidazole rings is 1. The van der Waals surface area contributed by atoms with Crippen molar-refractivity contribution >= 4 is 0 Å². The maximum absolute atomic E-state index is 4.42. The summed E-state index contributed by atoms with van der Waals surface area (Å²) in [6, 6.07) is 2.84. The predicted molar refractivity (Wildman–Crippen MR) is 69.1 cm³/mol. The van der Waals surface area contributed by atoms with Crippen molar-refractivity contribution in [2.75, 3.05) is 0 Å². The molecule has 0 spiro atoms. The number of aromatic nitrogens is 4. The molecule has 1 N–H and O–H groups in total. The van der Waals surface area contributed by atoms with Gasteiger partial charge in [-0.15, -0.1) is 0 Å². The van der Waals surface area contributed by atoms with E-state index in [1.54, 1.807) is 0 Å². The van der Waals surface area contributed by atoms with Gasteiger partial charge in [0.05, 0.1) is 30.0 Å². The lowest BCUT2D eigenvalue weighted by Gasteiger charge is -2.02. The van der Waals surface area contributed by atoms with E-state index in [0.29, 0.717) is 0 Å². The van der Waals surface area contributed by atoms with Crippen molar-refractivity contribution < 1.29 is 0 Å². The summed E-state index contributed by atoms with van der Waals surface area (Å²) >= 11 is 0. The third-order valence-corrected chi connectivity index (χ3v) is 3.28. The minimum absolute atomic E-state index is 0.731. The summed E-state index contributed by atoms with van der Waals surface area (Å²) in [5.74, 6) is 0. The first-order valence-electron chi connectivity index (χ1n) is 6.44. The van der Waals surface area contributed by atoms with Gasteiger partial charge >= 0.3 is 0 Å². The largest absolute Gasteiger partial charge is 0.331 e. The number of hydrogen-bond donors (Lipinski definition) is 1. The van der Waals surface area contributed by atoms with Gasteiger partial charge in [0, 0.05) is 25.8 Å². The number of aryl methyl sites for hydroxylation is 2. The molecule has 0 aliphatic heterocycles. The summed E-state index contributed by atoms with van der Waals surface area (Å²) in [7, 11) is 1.98. The standard InChI is InChI=1S/C13H19N5/c1-10-5-13(17(2)16-10)8-18-7-12(15-9-18)6-14-11-3-4-11/h5,7,9,11,14H,3-4,6,8H2,1-2H3. The molecule has 0 saturated heterocycles. The molecule has 96 valence electrons. The minimum Gasteiger partial charge on any atom is -0.331 e. The van der Waals surface area contributed by atoms with E-state index >= 15 is 0 Å². The SMILES string of the molecule is Cc1cc(Cn2cnc(CNC3CC3)c2)n(C)n1. The summed E-state index contributed by atoms with van der Waals surface area (Å²) in [5.41, 5.74) is 3.37. The van der Waals surface area contributed by atoms with Crippen LogP contribution in [0.5, 0.6) is 0 Å². The zero-order valence-corrected chi connectivity index (χ0v) is 10.9. The maximum atomic E-state index is 4.42. The molecule has 18 heavy (non-hydrogen) atoms. The molecule has 0 aromatic carbocycles. The van der Waals surface area contributed by atoms with Gasteiger partial charge in [-0.3, -0.25) is 4.68 Å². The van der Waals surface area contributed by atoms with E-state index in [-0.39, 0.29) is 0 Å². The third kappa shape index (κ3) is 2.61. The van der Waals surface area contributed by atoms with Crippen LogP contribution in [-0.2, 0) is 20.1 Å². The van der Waals surface area contributed by atoms with Crippen LogP contribution in [0.1, 0.15) is 29.9 Å². The molecular formula is C13H19N5. The fraction of sp³-hybridized carbons (Fsp3) is 0.538. The highest BCUT2D eigenvalue weighted by molar-refractivity contribution is 5.10. The first-order valence-corrected chi connectivity index (χ1v) is 6.44. The van der Waals surface area contributed by atoms with Crippen molar-refractivity contribution in [3.05, 3.63) is 35.7 Å². The zero-order chi connectivity index (χ0) is 12.5. The van der Waals surface area contributed by atoms with Gasteiger partial charge in [0.2, 0.25) is 0 Å². The summed E-state index contributed by atoms with van der Waals surface area (Å²) in [4.78, 5) is 4.42. The van der Waals surface area contributed by atoms with Gasteiger partial charge in [-0.05, 0) is 25.8 Å². The lowest BCUT2D eigenvalue weighted by Crippen LogP contribution is -2.15. The van der Waals surface area contributed by atoms with Gasteiger partial charge in [0.15, 0.2) is 0 Å². The normalized spacial score (nSPS) is 15.2. The Labute approximate surface area is 107 Å². The van der Waals surface area contributed by atoms with E-state index in [2.05, 4.69) is 32.2 Å². The molecule has 2 aromatic heterocycles. The monoisotopic (exact) mass is 245 g/mol. The number of nitrogens with zero attached hydrogens (tertiary/aromatic N) is 4. The van der Waals surface area contributed by atoms with Crippen molar-refractivity contribution in [3.8, 4) is 0 Å². The van der Waals surface area contributed by atoms with E-state index in [1.807, 2.05) is 25.0 Å². The number of nitrogens with one attached hydrogen (secondary N) is 1. The number of hydrogen-bond acceptors (Lipinski definition) is 3. The summed E-state index contributed by atoms with van der Waals surface area (Å²) in [5, 5.41) is 7.82. The fourth-order valence-corrected chi connectivity index (χ4v) is 2.12. The molecule has 5 heteroatoms. The second kappa shape index (κ2) is 4.57. The van der Waals surface area contributed by atoms with Crippen molar-refractivity contribution in [2.24, 2.45) is 7.05 Å². The highest BCUT2D eigenvalue weighted by Crippen LogP contribution is 2.19. The average molecular weight is 245 g/mol. The molecule has 0 bridgehead atoms. The molecule has 1 aliphatic carbocycles. The van der Waals surface area contributed by atoms with E-state index in [1.165, 1.54) is 18.5 Å². The fourth-order valence-electron chi connectivity index (χ4n) is 2.12. The molecule has 2 aromatic rings. The van der Waals surface area contributed by atoms with Crippen LogP contribution in [0.3, 0.4) is 0 Å². The second-order valence-electron chi connectivity index (χ2n) is 5.09. The van der Waals surface area contributed by atoms with Crippen LogP contribution in [0.2, 0.25) is 0 Å². The molecule has 1 fully saturated rings. The van der Waals surface area contributed by atoms with Gasteiger partial charge in [0.1, 0.15) is 0 Å². The third-order valence-electron chi connectivity index (χ3n) is 3.28. The predicted octanol–water partition coefficient (Wildman–Crippen LogP) is 1.23. The Balaban J connectivity index is 1.63. The van der Waals surface area contributed by atoms with Crippen LogP contribution in [0.4, 0.5) is 0 Å². The molecule has 0 radical (unpaired) electrons. The quantitative estimate of drug-likeness (QED) is 0.861. The Morgan fingerprint density at radius 2 is 2.28 bits per heavy atom. The van der Waals surface area contributed by atoms with Gasteiger partial charge < -0.3 is 9.88 Å². The Hall–Kier alpha value is -1.62. The molecule has 0 amide bonds. The Bertz CT molecular complexity index is 535. The van der Waals surface area contributed by atoms with Gasteiger partial charge in [0.25, 0.3) is 0 Å². The highest BCUT2D eigenvalue weighted by Gasteiger charge is 2.20. The van der Waals surface area contributed by atoms with Crippen LogP contribution in [0.15, 0.2) is 18.6 Å². The van der Waals surface area contributed by atoms with Crippen molar-refractivity contribution in [2.45, 2.75) is 38.9 Å². The Morgan fingerprint density at radius 3 is 2.94 bits per heavy atom. The topological polar surface area (TPSA) is 47.7 Å². The molecule has 3 rings (SSSR count). The minimum atomic E-state index is 0.731. The summed E-state index contributed by atoms with van der Waals surface area (Å²) < 4.78 is 4.04. The van der Waals surface area contributed by atoms with E-state index < -0.39 is 0 Å². The van der Waals surface area contributed by atoms with Gasteiger partial charge in [-0.25, -0.2) is 4.98 Å². The summed E-state index contributed by atoms with van der Waals surface area (Å²) in [6.07, 6.45) is 6.63. The first-order chi connectivity index (χ1) is 8.70. The first kappa shape index (κ1) is 11.5. The van der Waals surface area contributed by atoms with Crippen molar-refractivity contribution in [1.82, 2.24) is 24.6 Å². The molecule has 0 atom stereocenters. The van der Waals surface area contributed by atoms with E-state index in [0.717, 1.165) is 30.5 Å². The van der Waals surface area contributed by atoms with Crippen LogP contribution in [-0.4, -0.2) is 25.4 Å². The zero-order valence-electron chi connectivity index (χ0n) is 10.9. The summed E-state index contributed by atoms with van der Waals surface area (Å²) in [6.45, 7) is 3.72. The van der Waals surface area contributed by atoms with Crippen LogP contribution < -0.4 is 5.32 Å². The Morgan fingerprint density at radius 1 is 1.44 bits per heavy atom. The van der Waals surface area contributed by atoms with Crippen molar-refractivity contribution in [1.29, 1.82) is 0 Å². The van der Waals surface area contributed by atoms with Crippen LogP contribution in [0, 0.1) is 6.92 Å². The number of rotatable bonds is 5. The molecule has 5 nitrogen and oxygen atoms in total. The maximum Gasteiger partial charge on any atom is 0.0953 e. The molecule has 0 unspecified atom stereocenters. The smallest absolute Gasteiger partial charge is 0.0953 e. The molecule has 2 heterocycles. The van der Waals surface area contributed by atoms with Gasteiger partial charge in [-0.1, -0.05) is 0 Å². The van der Waals surface area contributed by atoms with Crippen molar-refractivity contribution in [3.63, 3.8) is 0 Å². The van der Waals surface area contributed by atoms with Crippen LogP contribution in [0.25, 0.3) is 0 Å². The average Bonchev–Trinajstić information content (AvgIpc) is 2.97. The lowest BCUT2D eigenvalue weighted by molar-refractivity contribution is 0.659.